The van der Waals surface area contributed by atoms with E-state index in [1.54, 1.807) is 0 Å². The summed E-state index contributed by atoms with van der Waals surface area (Å²) in [5.41, 5.74) is 20.9. The Labute approximate surface area is 411 Å². The first-order valence-corrected chi connectivity index (χ1v) is 25.3. The van der Waals surface area contributed by atoms with Crippen LogP contribution in [0.2, 0.25) is 0 Å². The number of benzene rings is 10. The second-order valence-electron chi connectivity index (χ2n) is 19.1. The Bertz CT molecular complexity index is 4700. The number of aryl methyl sites for hydroxylation is 1. The summed E-state index contributed by atoms with van der Waals surface area (Å²) in [6.07, 6.45) is 1.89. The Morgan fingerprint density at radius 2 is 0.873 bits per heavy atom. The van der Waals surface area contributed by atoms with E-state index in [2.05, 4.69) is 209 Å². The maximum absolute atomic E-state index is 6.34. The highest BCUT2D eigenvalue weighted by Gasteiger charge is 2.30. The second kappa shape index (κ2) is 14.8. The fourth-order valence-corrected chi connectivity index (χ4v) is 13.5. The van der Waals surface area contributed by atoms with E-state index in [0.717, 1.165) is 79.2 Å². The summed E-state index contributed by atoms with van der Waals surface area (Å²) in [5, 5.41) is 9.76. The highest BCUT2D eigenvalue weighted by molar-refractivity contribution is 7.23. The molecule has 4 nitrogen and oxygen atoms in total. The lowest BCUT2D eigenvalue weighted by Gasteiger charge is -2.17. The Hall–Kier alpha value is -8.90. The number of para-hydroxylation sites is 2. The highest BCUT2D eigenvalue weighted by atomic mass is 32.1. The molecule has 0 spiro atoms. The van der Waals surface area contributed by atoms with Gasteiger partial charge in [0, 0.05) is 69.9 Å². The molecule has 0 radical (unpaired) electrons. The van der Waals surface area contributed by atoms with Gasteiger partial charge in [-0.3, -0.25) is 0 Å². The second-order valence-corrected chi connectivity index (χ2v) is 20.1. The van der Waals surface area contributed by atoms with Gasteiger partial charge < -0.3 is 18.0 Å². The van der Waals surface area contributed by atoms with Crippen molar-refractivity contribution < 1.29 is 8.83 Å². The van der Waals surface area contributed by atoms with Crippen LogP contribution in [0.15, 0.2) is 227 Å². The molecule has 0 fully saturated rings. The summed E-state index contributed by atoms with van der Waals surface area (Å²) in [5.74, 6) is 0. The topological polar surface area (TPSA) is 36.1 Å². The van der Waals surface area contributed by atoms with E-state index in [-0.39, 0.29) is 0 Å². The van der Waals surface area contributed by atoms with Gasteiger partial charge in [-0.15, -0.1) is 11.3 Å². The lowest BCUT2D eigenvalue weighted by atomic mass is 9.91. The fourth-order valence-electron chi connectivity index (χ4n) is 12.0. The van der Waals surface area contributed by atoms with Crippen molar-refractivity contribution in [3.63, 3.8) is 0 Å². The SMILES string of the molecule is c1ccc(-c2ccc3c(c2)c2c(n3-c3ccc4oc5ccccc5c4c3)CCc3c-2sc2c3ccc3c2c2cc(-c4ccccc4)ccc2n3-c2cccc(-c3ccc4oc5ccccc5c4c3)c2)cc1. The predicted octanol–water partition coefficient (Wildman–Crippen LogP) is 18.5. The van der Waals surface area contributed by atoms with Gasteiger partial charge in [-0.25, -0.2) is 0 Å². The minimum Gasteiger partial charge on any atom is -0.456 e. The number of fused-ring (bicyclic) bond motifs is 17. The normalized spacial score (nSPS) is 12.7. The molecule has 5 aromatic heterocycles. The molecule has 16 rings (SSSR count). The number of hydrogen-bond donors (Lipinski definition) is 0. The Morgan fingerprint density at radius 1 is 0.338 bits per heavy atom. The van der Waals surface area contributed by atoms with E-state index in [4.69, 9.17) is 8.83 Å². The summed E-state index contributed by atoms with van der Waals surface area (Å²) in [6.45, 7) is 0. The molecule has 1 aliphatic carbocycles. The van der Waals surface area contributed by atoms with E-state index in [9.17, 15) is 0 Å². The van der Waals surface area contributed by atoms with Crippen molar-refractivity contribution in [2.75, 3.05) is 0 Å². The molecule has 0 saturated carbocycles. The van der Waals surface area contributed by atoms with Gasteiger partial charge in [0.25, 0.3) is 0 Å². The van der Waals surface area contributed by atoms with Crippen molar-refractivity contribution in [1.82, 2.24) is 9.13 Å². The maximum Gasteiger partial charge on any atom is 0.135 e. The van der Waals surface area contributed by atoms with E-state index in [0.29, 0.717) is 0 Å². The van der Waals surface area contributed by atoms with Crippen LogP contribution in [-0.2, 0) is 12.8 Å². The van der Waals surface area contributed by atoms with E-state index >= 15 is 0 Å². The lowest BCUT2D eigenvalue weighted by molar-refractivity contribution is 0.668. The van der Waals surface area contributed by atoms with Gasteiger partial charge in [-0.2, -0.15) is 0 Å². The minimum atomic E-state index is 0.906. The number of thiophene rings is 1. The molecule has 0 atom stereocenters. The van der Waals surface area contributed by atoms with Crippen LogP contribution >= 0.6 is 11.3 Å². The number of furan rings is 2. The van der Waals surface area contributed by atoms with E-state index in [1.165, 1.54) is 86.7 Å². The van der Waals surface area contributed by atoms with Gasteiger partial charge in [0.2, 0.25) is 0 Å². The van der Waals surface area contributed by atoms with Crippen LogP contribution in [-0.4, -0.2) is 9.13 Å². The number of rotatable bonds is 5. The molecular weight excluding hydrogens is 885 g/mol. The number of hydrogen-bond acceptors (Lipinski definition) is 3. The highest BCUT2D eigenvalue weighted by Crippen LogP contribution is 2.52. The first kappa shape index (κ1) is 39.0. The van der Waals surface area contributed by atoms with E-state index < -0.39 is 0 Å². The molecule has 1 aliphatic rings. The average molecular weight is 925 g/mol. The summed E-state index contributed by atoms with van der Waals surface area (Å²) in [7, 11) is 0. The summed E-state index contributed by atoms with van der Waals surface area (Å²) in [4.78, 5) is 1.38. The van der Waals surface area contributed by atoms with Crippen molar-refractivity contribution in [2.45, 2.75) is 12.8 Å². The third kappa shape index (κ3) is 5.72. The minimum absolute atomic E-state index is 0.906. The molecule has 332 valence electrons. The van der Waals surface area contributed by atoms with Crippen molar-refractivity contribution in [3.05, 3.63) is 230 Å². The van der Waals surface area contributed by atoms with Crippen LogP contribution < -0.4 is 0 Å². The zero-order valence-corrected chi connectivity index (χ0v) is 39.1. The van der Waals surface area contributed by atoms with Gasteiger partial charge in [0.05, 0.1) is 16.6 Å². The number of nitrogens with zero attached hydrogens (tertiary/aromatic N) is 2. The molecule has 5 heterocycles. The Kier molecular flexibility index (Phi) is 8.13. The van der Waals surface area contributed by atoms with Gasteiger partial charge in [-0.05, 0) is 142 Å². The van der Waals surface area contributed by atoms with Crippen molar-refractivity contribution in [3.8, 4) is 55.2 Å². The molecule has 0 unspecified atom stereocenters. The average Bonchev–Trinajstić information content (AvgIpc) is 4.25. The van der Waals surface area contributed by atoms with Crippen molar-refractivity contribution in [2.24, 2.45) is 0 Å². The number of aromatic nitrogens is 2. The van der Waals surface area contributed by atoms with Crippen molar-refractivity contribution in [1.29, 1.82) is 0 Å². The van der Waals surface area contributed by atoms with Crippen LogP contribution in [0, 0.1) is 0 Å². The van der Waals surface area contributed by atoms with Gasteiger partial charge >= 0.3 is 0 Å². The van der Waals surface area contributed by atoms with Gasteiger partial charge in [0.1, 0.15) is 22.3 Å². The largest absolute Gasteiger partial charge is 0.456 e. The zero-order chi connectivity index (χ0) is 46.3. The monoisotopic (exact) mass is 924 g/mol. The van der Waals surface area contributed by atoms with Crippen molar-refractivity contribution >= 4 is 98.0 Å². The molecule has 10 aromatic carbocycles. The molecule has 15 aromatic rings. The third-order valence-corrected chi connectivity index (χ3v) is 16.5. The Balaban J connectivity index is 0.938. The molecule has 71 heavy (non-hydrogen) atoms. The maximum atomic E-state index is 6.34. The molecule has 0 N–H and O–H groups in total. The zero-order valence-electron chi connectivity index (χ0n) is 38.3. The molecule has 0 aliphatic heterocycles. The predicted molar refractivity (Wildman–Crippen MR) is 297 cm³/mol. The van der Waals surface area contributed by atoms with Crippen LogP contribution in [0.25, 0.3) is 142 Å². The summed E-state index contributed by atoms with van der Waals surface area (Å²) in [6, 6.07) is 79.6. The molecule has 0 amide bonds. The smallest absolute Gasteiger partial charge is 0.135 e. The lowest BCUT2D eigenvalue weighted by Crippen LogP contribution is -2.06. The quantitative estimate of drug-likeness (QED) is 0.172. The van der Waals surface area contributed by atoms with Crippen LogP contribution in [0.3, 0.4) is 0 Å². The van der Waals surface area contributed by atoms with Crippen LogP contribution in [0.5, 0.6) is 0 Å². The molecule has 0 bridgehead atoms. The first-order valence-electron chi connectivity index (χ1n) is 24.4. The summed E-state index contributed by atoms with van der Waals surface area (Å²) < 4.78 is 18.9. The standard InChI is InChI=1S/C66H40N2O2S/c1-3-12-39(13-4-1)42-22-28-55-53(36-42)63-57(67(55)45-17-11-16-41(34-45)44-24-32-61-51(35-44)47-18-7-9-20-59(47)69-61)30-26-49-50-27-31-58-64(66(50)71-65(49)63)54-37-43(40-14-5-2-6-15-40)23-29-56(54)68(58)46-25-33-62-52(38-46)48-19-8-10-21-60(48)70-62/h1-26,28-30,32-38H,27,31H2. The first-order chi connectivity index (χ1) is 35.2. The molecule has 5 heteroatoms. The van der Waals surface area contributed by atoms with Gasteiger partial charge in [0.15, 0.2) is 0 Å². The fraction of sp³-hybridized carbons (Fsp3) is 0.0303. The Morgan fingerprint density at radius 3 is 1.61 bits per heavy atom. The van der Waals surface area contributed by atoms with Gasteiger partial charge in [-0.1, -0.05) is 133 Å². The van der Waals surface area contributed by atoms with E-state index in [1.807, 2.05) is 29.5 Å². The summed E-state index contributed by atoms with van der Waals surface area (Å²) >= 11 is 1.98. The third-order valence-electron chi connectivity index (χ3n) is 15.2. The molecule has 0 saturated heterocycles. The van der Waals surface area contributed by atoms with Crippen LogP contribution in [0.1, 0.15) is 11.3 Å². The molecular formula is C66H40N2O2S. The van der Waals surface area contributed by atoms with Crippen LogP contribution in [0.4, 0.5) is 0 Å².